The number of ether oxygens (including phenoxy) is 3. The zero-order valence-electron chi connectivity index (χ0n) is 21.4. The topological polar surface area (TPSA) is 64.9 Å². The van der Waals surface area contributed by atoms with Crippen molar-refractivity contribution in [2.75, 3.05) is 64.6 Å². The van der Waals surface area contributed by atoms with Crippen LogP contribution in [0.3, 0.4) is 0 Å². The highest BCUT2D eigenvalue weighted by atomic mass is 32.1. The van der Waals surface area contributed by atoms with E-state index in [9.17, 15) is 0 Å². The smallest absolute Gasteiger partial charge is 0.156 e. The monoisotopic (exact) mass is 519 g/mol. The lowest BCUT2D eigenvalue weighted by Gasteiger charge is -2.29. The molecule has 5 heterocycles. The van der Waals surface area contributed by atoms with Crippen LogP contribution in [-0.2, 0) is 20.8 Å². The maximum absolute atomic E-state index is 5.64. The van der Waals surface area contributed by atoms with Gasteiger partial charge in [0.1, 0.15) is 0 Å². The van der Waals surface area contributed by atoms with Crippen LogP contribution in [0.4, 0.5) is 5.69 Å². The van der Waals surface area contributed by atoms with Gasteiger partial charge in [0.15, 0.2) is 5.82 Å². The van der Waals surface area contributed by atoms with Gasteiger partial charge in [0.2, 0.25) is 0 Å². The summed E-state index contributed by atoms with van der Waals surface area (Å²) in [5.74, 6) is 0.831. The SMILES string of the molecule is CO[C@H](C)c1cccc(-c2ccn(-c3cc(N4CCOCC4)c4sc(CN5CCOCC5)cc4n3)n2)c1. The average Bonchev–Trinajstić information content (AvgIpc) is 3.60. The van der Waals surface area contributed by atoms with Crippen molar-refractivity contribution in [1.82, 2.24) is 19.7 Å². The van der Waals surface area contributed by atoms with E-state index in [1.54, 1.807) is 7.11 Å². The molecule has 3 aromatic heterocycles. The average molecular weight is 520 g/mol. The van der Waals surface area contributed by atoms with E-state index < -0.39 is 0 Å². The van der Waals surface area contributed by atoms with Gasteiger partial charge in [-0.3, -0.25) is 4.90 Å². The molecule has 0 saturated carbocycles. The Labute approximate surface area is 221 Å². The van der Waals surface area contributed by atoms with Gasteiger partial charge < -0.3 is 19.1 Å². The standard InChI is InChI=1S/C28H33N5O3S/c1-20(34-2)21-4-3-5-22(16-21)24-6-7-33(30-24)27-18-26(32-10-14-36-15-11-32)28-25(29-27)17-23(37-28)19-31-8-12-35-13-9-31/h3-7,16-18,20H,8-15,19H2,1-2H3/t20-/m1/s1. The Kier molecular flexibility index (Phi) is 7.21. The largest absolute Gasteiger partial charge is 0.379 e. The molecule has 9 heteroatoms. The minimum Gasteiger partial charge on any atom is -0.379 e. The number of methoxy groups -OCH3 is 1. The summed E-state index contributed by atoms with van der Waals surface area (Å²) in [6.45, 7) is 9.80. The van der Waals surface area contributed by atoms with Crippen LogP contribution in [0.5, 0.6) is 0 Å². The first-order valence-corrected chi connectivity index (χ1v) is 13.7. The Hall–Kier alpha value is -2.82. The zero-order valence-corrected chi connectivity index (χ0v) is 22.2. The number of anilines is 1. The second-order valence-electron chi connectivity index (χ2n) is 9.56. The summed E-state index contributed by atoms with van der Waals surface area (Å²) in [5, 5.41) is 4.92. The van der Waals surface area contributed by atoms with Gasteiger partial charge >= 0.3 is 0 Å². The van der Waals surface area contributed by atoms with Crippen molar-refractivity contribution < 1.29 is 14.2 Å². The van der Waals surface area contributed by atoms with Gasteiger partial charge in [-0.05, 0) is 30.7 Å². The second kappa shape index (κ2) is 10.9. The van der Waals surface area contributed by atoms with Crippen molar-refractivity contribution in [3.05, 3.63) is 59.1 Å². The first kappa shape index (κ1) is 24.5. The van der Waals surface area contributed by atoms with Crippen LogP contribution in [0.25, 0.3) is 27.3 Å². The van der Waals surface area contributed by atoms with E-state index in [0.29, 0.717) is 0 Å². The van der Waals surface area contributed by atoms with E-state index >= 15 is 0 Å². The number of morpholine rings is 2. The number of hydrogen-bond acceptors (Lipinski definition) is 8. The van der Waals surface area contributed by atoms with Crippen molar-refractivity contribution in [3.8, 4) is 17.1 Å². The quantitative estimate of drug-likeness (QED) is 0.356. The van der Waals surface area contributed by atoms with Crippen molar-refractivity contribution in [1.29, 1.82) is 0 Å². The molecule has 194 valence electrons. The highest BCUT2D eigenvalue weighted by Gasteiger charge is 2.20. The summed E-state index contributed by atoms with van der Waals surface area (Å²) >= 11 is 1.85. The fourth-order valence-electron chi connectivity index (χ4n) is 4.95. The van der Waals surface area contributed by atoms with Gasteiger partial charge in [0, 0.05) is 62.5 Å². The van der Waals surface area contributed by atoms with Crippen molar-refractivity contribution in [2.45, 2.75) is 19.6 Å². The van der Waals surface area contributed by atoms with Crippen LogP contribution in [0.1, 0.15) is 23.5 Å². The summed E-state index contributed by atoms with van der Waals surface area (Å²) in [6.07, 6.45) is 2.03. The molecule has 8 nitrogen and oxygen atoms in total. The van der Waals surface area contributed by atoms with Crippen molar-refractivity contribution in [2.24, 2.45) is 0 Å². The molecule has 1 atom stereocenters. The molecule has 0 radical (unpaired) electrons. The molecule has 0 bridgehead atoms. The fraction of sp³-hybridized carbons (Fsp3) is 0.429. The van der Waals surface area contributed by atoms with Crippen LogP contribution < -0.4 is 4.90 Å². The Bertz CT molecular complexity index is 1360. The lowest BCUT2D eigenvalue weighted by molar-refractivity contribution is 0.0346. The first-order chi connectivity index (χ1) is 18.2. The number of aromatic nitrogens is 3. The Morgan fingerprint density at radius 2 is 1.78 bits per heavy atom. The molecule has 4 aromatic rings. The Balaban J connectivity index is 1.35. The number of rotatable bonds is 7. The number of hydrogen-bond donors (Lipinski definition) is 0. The summed E-state index contributed by atoms with van der Waals surface area (Å²) in [6, 6.07) is 14.9. The molecule has 0 unspecified atom stereocenters. The maximum Gasteiger partial charge on any atom is 0.156 e. The number of benzene rings is 1. The van der Waals surface area contributed by atoms with Gasteiger partial charge in [0.25, 0.3) is 0 Å². The predicted molar refractivity (Wildman–Crippen MR) is 147 cm³/mol. The number of nitrogens with zero attached hydrogens (tertiary/aromatic N) is 5. The molecule has 2 saturated heterocycles. The fourth-order valence-corrected chi connectivity index (χ4v) is 6.13. The summed E-state index contributed by atoms with van der Waals surface area (Å²) in [4.78, 5) is 11.3. The minimum absolute atomic E-state index is 0.0347. The molecule has 6 rings (SSSR count). The molecule has 0 spiro atoms. The normalized spacial score (nSPS) is 17.9. The lowest BCUT2D eigenvalue weighted by atomic mass is 10.1. The molecule has 2 aliphatic rings. The third-order valence-corrected chi connectivity index (χ3v) is 8.29. The first-order valence-electron chi connectivity index (χ1n) is 12.9. The van der Waals surface area contributed by atoms with Crippen LogP contribution >= 0.6 is 11.3 Å². The third-order valence-electron chi connectivity index (χ3n) is 7.16. The third kappa shape index (κ3) is 5.28. The van der Waals surface area contributed by atoms with Crippen LogP contribution in [-0.4, -0.2) is 79.4 Å². The van der Waals surface area contributed by atoms with E-state index in [1.807, 2.05) is 28.3 Å². The minimum atomic E-state index is 0.0347. The summed E-state index contributed by atoms with van der Waals surface area (Å²) in [7, 11) is 1.73. The molecular formula is C28H33N5O3S. The molecule has 0 aliphatic carbocycles. The molecule has 0 N–H and O–H groups in total. The molecule has 1 aromatic carbocycles. The second-order valence-corrected chi connectivity index (χ2v) is 10.7. The van der Waals surface area contributed by atoms with Crippen molar-refractivity contribution in [3.63, 3.8) is 0 Å². The zero-order chi connectivity index (χ0) is 25.2. The van der Waals surface area contributed by atoms with E-state index in [0.717, 1.165) is 87.3 Å². The molecule has 37 heavy (non-hydrogen) atoms. The van der Waals surface area contributed by atoms with Gasteiger partial charge in [-0.1, -0.05) is 18.2 Å². The lowest BCUT2D eigenvalue weighted by Crippen LogP contribution is -2.36. The highest BCUT2D eigenvalue weighted by molar-refractivity contribution is 7.19. The van der Waals surface area contributed by atoms with Gasteiger partial charge in [0.05, 0.1) is 54.1 Å². The summed E-state index contributed by atoms with van der Waals surface area (Å²) in [5.41, 5.74) is 5.36. The number of pyridine rings is 1. The summed E-state index contributed by atoms with van der Waals surface area (Å²) < 4.78 is 19.8. The molecular weight excluding hydrogens is 486 g/mol. The van der Waals surface area contributed by atoms with Gasteiger partial charge in [-0.25, -0.2) is 9.67 Å². The van der Waals surface area contributed by atoms with Gasteiger partial charge in [-0.2, -0.15) is 5.10 Å². The van der Waals surface area contributed by atoms with Crippen LogP contribution in [0.15, 0.2) is 48.7 Å². The Morgan fingerprint density at radius 3 is 2.57 bits per heavy atom. The maximum atomic E-state index is 5.64. The van der Waals surface area contributed by atoms with E-state index in [1.165, 1.54) is 15.3 Å². The van der Waals surface area contributed by atoms with E-state index in [4.69, 9.17) is 24.3 Å². The molecule has 2 fully saturated rings. The highest BCUT2D eigenvalue weighted by Crippen LogP contribution is 2.36. The number of fused-ring (bicyclic) bond motifs is 1. The molecule has 2 aliphatic heterocycles. The molecule has 0 amide bonds. The van der Waals surface area contributed by atoms with Crippen LogP contribution in [0.2, 0.25) is 0 Å². The predicted octanol–water partition coefficient (Wildman–Crippen LogP) is 4.53. The van der Waals surface area contributed by atoms with Gasteiger partial charge in [-0.15, -0.1) is 11.3 Å². The van der Waals surface area contributed by atoms with E-state index in [-0.39, 0.29) is 6.10 Å². The van der Waals surface area contributed by atoms with E-state index in [2.05, 4.69) is 53.1 Å². The van der Waals surface area contributed by atoms with Crippen LogP contribution in [0, 0.1) is 0 Å². The Morgan fingerprint density at radius 1 is 1.00 bits per heavy atom. The number of thiophene rings is 1. The van der Waals surface area contributed by atoms with Crippen molar-refractivity contribution >= 4 is 27.2 Å².